The molecule has 5 nitrogen and oxygen atoms in total. The quantitative estimate of drug-likeness (QED) is 0.165. The lowest BCUT2D eigenvalue weighted by molar-refractivity contribution is 0.505. The van der Waals surface area contributed by atoms with Gasteiger partial charge in [0.15, 0.2) is 0 Å². The molecule has 0 saturated carbocycles. The Hall–Kier alpha value is -4.16. The molecule has 0 unspecified atom stereocenters. The number of hydrogen-bond acceptors (Lipinski definition) is 6. The molecule has 6 aromatic rings. The smallest absolute Gasteiger partial charge is 0.137 e. The van der Waals surface area contributed by atoms with Gasteiger partial charge in [0.2, 0.25) is 0 Å². The molecule has 0 atom stereocenters. The van der Waals surface area contributed by atoms with Crippen LogP contribution in [0.5, 0.6) is 0 Å². The average molecular weight is 838 g/mol. The Morgan fingerprint density at radius 2 is 1.13 bits per heavy atom. The van der Waals surface area contributed by atoms with Crippen LogP contribution in [0, 0.1) is 34.6 Å². The summed E-state index contributed by atoms with van der Waals surface area (Å²) in [4.78, 5) is 19.3. The van der Waals surface area contributed by atoms with Crippen LogP contribution in [-0.2, 0) is 24.8 Å². The van der Waals surface area contributed by atoms with Gasteiger partial charge in [-0.2, -0.15) is 0 Å². The van der Waals surface area contributed by atoms with E-state index in [-0.39, 0.29) is 0 Å². The summed E-state index contributed by atoms with van der Waals surface area (Å²) in [6.07, 6.45) is 3.34. The lowest BCUT2D eigenvalue weighted by Gasteiger charge is -2.24. The normalized spacial score (nSPS) is 9.92. The highest BCUT2D eigenvalue weighted by Gasteiger charge is 2.18. The van der Waals surface area contributed by atoms with Crippen molar-refractivity contribution in [2.75, 3.05) is 5.32 Å². The molecule has 0 saturated heterocycles. The van der Waals surface area contributed by atoms with Gasteiger partial charge in [0, 0.05) is 21.3 Å². The Balaban J connectivity index is 0. The van der Waals surface area contributed by atoms with E-state index in [1.165, 1.54) is 50.1 Å². The fraction of sp³-hybridized carbons (Fsp3) is 0.519. The summed E-state index contributed by atoms with van der Waals surface area (Å²) in [5, 5.41) is 7.81. The summed E-state index contributed by atoms with van der Waals surface area (Å²) < 4.78 is 0. The highest BCUT2D eigenvalue weighted by Crippen LogP contribution is 2.29. The number of aromatic nitrogens is 4. The summed E-state index contributed by atoms with van der Waals surface area (Å²) >= 11 is 1.75. The van der Waals surface area contributed by atoms with E-state index in [2.05, 4.69) is 161 Å². The van der Waals surface area contributed by atoms with Crippen molar-refractivity contribution in [1.29, 1.82) is 0 Å². The fourth-order valence-electron chi connectivity index (χ4n) is 5.97. The molecular formula is C54H87N5S. The predicted molar refractivity (Wildman–Crippen MR) is 274 cm³/mol. The Morgan fingerprint density at radius 1 is 0.600 bits per heavy atom. The third-order valence-corrected chi connectivity index (χ3v) is 10.6. The van der Waals surface area contributed by atoms with Gasteiger partial charge >= 0.3 is 0 Å². The molecular weight excluding hydrogens is 751 g/mol. The van der Waals surface area contributed by atoms with Crippen molar-refractivity contribution < 1.29 is 0 Å². The highest BCUT2D eigenvalue weighted by molar-refractivity contribution is 7.09. The molecule has 0 aliphatic heterocycles. The second-order valence-electron chi connectivity index (χ2n) is 14.2. The summed E-state index contributed by atoms with van der Waals surface area (Å²) in [6.45, 7) is 46.8. The number of nitrogens with one attached hydrogen (secondary N) is 1. The largest absolute Gasteiger partial charge is 0.365 e. The minimum absolute atomic E-state index is 0.310. The molecule has 3 aromatic heterocycles. The van der Waals surface area contributed by atoms with Crippen molar-refractivity contribution >= 4 is 39.0 Å². The zero-order chi connectivity index (χ0) is 46.6. The van der Waals surface area contributed by atoms with E-state index in [1.54, 1.807) is 11.3 Å². The first-order valence-corrected chi connectivity index (χ1v) is 24.0. The Kier molecular flexibility index (Phi) is 30.6. The average Bonchev–Trinajstić information content (AvgIpc) is 3.81. The predicted octanol–water partition coefficient (Wildman–Crippen LogP) is 17.2. The maximum absolute atomic E-state index is 4.55. The van der Waals surface area contributed by atoms with E-state index in [9.17, 15) is 0 Å². The van der Waals surface area contributed by atoms with Crippen molar-refractivity contribution in [2.45, 2.75) is 189 Å². The van der Waals surface area contributed by atoms with Crippen LogP contribution >= 0.6 is 11.3 Å². The summed E-state index contributed by atoms with van der Waals surface area (Å²) in [5.74, 6) is 3.21. The monoisotopic (exact) mass is 838 g/mol. The molecule has 60 heavy (non-hydrogen) atoms. The van der Waals surface area contributed by atoms with Crippen LogP contribution in [0.2, 0.25) is 0 Å². The van der Waals surface area contributed by atoms with Gasteiger partial charge in [0.05, 0.1) is 17.6 Å². The van der Waals surface area contributed by atoms with Crippen molar-refractivity contribution in [3.63, 3.8) is 0 Å². The zero-order valence-corrected chi connectivity index (χ0v) is 43.3. The molecule has 334 valence electrons. The maximum Gasteiger partial charge on any atom is 0.137 e. The van der Waals surface area contributed by atoms with Crippen molar-refractivity contribution in [3.05, 3.63) is 122 Å². The molecule has 0 radical (unpaired) electrons. The lowest BCUT2D eigenvalue weighted by Crippen LogP contribution is -2.15. The molecule has 0 amide bonds. The van der Waals surface area contributed by atoms with Gasteiger partial charge < -0.3 is 5.32 Å². The number of benzene rings is 3. The van der Waals surface area contributed by atoms with Crippen LogP contribution in [0.1, 0.15) is 186 Å². The van der Waals surface area contributed by atoms with Crippen LogP contribution in [-0.4, -0.2) is 19.9 Å². The van der Waals surface area contributed by atoms with Gasteiger partial charge in [0.25, 0.3) is 0 Å². The molecule has 3 aromatic carbocycles. The lowest BCUT2D eigenvalue weighted by atomic mass is 9.81. The van der Waals surface area contributed by atoms with Gasteiger partial charge in [0.1, 0.15) is 17.5 Å². The molecule has 0 aliphatic carbocycles. The van der Waals surface area contributed by atoms with Crippen LogP contribution in [0.3, 0.4) is 0 Å². The van der Waals surface area contributed by atoms with E-state index < -0.39 is 0 Å². The number of fused-ring (bicyclic) bond motifs is 2. The van der Waals surface area contributed by atoms with Gasteiger partial charge in [-0.25, -0.2) is 19.9 Å². The number of thiophene rings is 1. The second kappa shape index (κ2) is 31.7. The molecule has 0 aliphatic rings. The molecule has 0 bridgehead atoms. The van der Waals surface area contributed by atoms with Gasteiger partial charge in [-0.3, -0.25) is 0 Å². The maximum atomic E-state index is 4.55. The van der Waals surface area contributed by atoms with Gasteiger partial charge in [-0.1, -0.05) is 148 Å². The van der Waals surface area contributed by atoms with Gasteiger partial charge in [-0.05, 0) is 134 Å². The van der Waals surface area contributed by atoms with E-state index in [0.29, 0.717) is 11.3 Å². The van der Waals surface area contributed by atoms with Crippen molar-refractivity contribution in [2.24, 2.45) is 0 Å². The zero-order valence-electron chi connectivity index (χ0n) is 42.5. The van der Waals surface area contributed by atoms with Crippen LogP contribution < -0.4 is 5.32 Å². The molecule has 0 fully saturated rings. The summed E-state index contributed by atoms with van der Waals surface area (Å²) in [7, 11) is 0. The fourth-order valence-corrected chi connectivity index (χ4v) is 6.61. The van der Waals surface area contributed by atoms with Crippen LogP contribution in [0.4, 0.5) is 5.82 Å². The topological polar surface area (TPSA) is 63.6 Å². The Bertz CT molecular complexity index is 2030. The summed E-state index contributed by atoms with van der Waals surface area (Å²) in [5.41, 5.74) is 11.8. The number of nitrogens with zero attached hydrogens (tertiary/aromatic N) is 4. The third-order valence-electron chi connectivity index (χ3n) is 9.73. The van der Waals surface area contributed by atoms with E-state index >= 15 is 0 Å². The Labute approximate surface area is 373 Å². The Morgan fingerprint density at radius 3 is 1.65 bits per heavy atom. The minimum atomic E-state index is 0.310. The first-order valence-electron chi connectivity index (χ1n) is 23.1. The van der Waals surface area contributed by atoms with Gasteiger partial charge in [-0.15, -0.1) is 11.3 Å². The van der Waals surface area contributed by atoms with Crippen LogP contribution in [0.15, 0.2) is 66.0 Å². The molecule has 1 N–H and O–H groups in total. The number of hydrogen-bond donors (Lipinski definition) is 1. The first-order chi connectivity index (χ1) is 28.8. The molecule has 6 rings (SSSR count). The molecule has 6 heteroatoms. The van der Waals surface area contributed by atoms with Crippen molar-refractivity contribution in [3.8, 4) is 0 Å². The number of rotatable bonds is 8. The SMILES string of the molecule is CC.CC.CC.CC.CC.CCC(C)(C)c1cccc(C(C)C)c1.CCc1cc2nc(C)nc(C)c2cc1CC.Cc1nc(NCc2cccs2)c2cc(C)c(C)cc2n1. The summed E-state index contributed by atoms with van der Waals surface area (Å²) in [6, 6.07) is 22.0. The number of anilines is 1. The minimum Gasteiger partial charge on any atom is -0.365 e. The molecule has 3 heterocycles. The van der Waals surface area contributed by atoms with Crippen molar-refractivity contribution in [1.82, 2.24) is 19.9 Å². The van der Waals surface area contributed by atoms with E-state index in [4.69, 9.17) is 0 Å². The number of aryl methyl sites for hydroxylation is 7. The highest BCUT2D eigenvalue weighted by atomic mass is 32.1. The van der Waals surface area contributed by atoms with E-state index in [1.807, 2.05) is 83.1 Å². The van der Waals surface area contributed by atoms with Crippen LogP contribution in [0.25, 0.3) is 21.8 Å². The third kappa shape index (κ3) is 18.2. The first kappa shape index (κ1) is 57.9. The second-order valence-corrected chi connectivity index (χ2v) is 15.3. The molecule has 0 spiro atoms. The van der Waals surface area contributed by atoms with E-state index in [0.717, 1.165) is 59.0 Å². The standard InChI is InChI=1S/C16H17N3S.C14H18N2.C14H22.5C2H6/c1-10-7-14-15(8-11(10)2)18-12(3)19-16(14)17-9-13-5-4-6-20-13;1-5-11-7-13-9(3)15-10(4)16-14(13)8-12(11)6-2;1-6-14(4,5)13-9-7-8-12(10-13)11(2)3;5*1-2/h4-8H,9H2,1-3H3,(H,17,18,19);7-8H,5-6H2,1-4H3;7-11H,6H2,1-5H3;5*1-2H3.